The van der Waals surface area contributed by atoms with Gasteiger partial charge in [-0.05, 0) is 47.2 Å². The van der Waals surface area contributed by atoms with E-state index >= 15 is 0 Å². The molecule has 0 saturated heterocycles. The summed E-state index contributed by atoms with van der Waals surface area (Å²) in [7, 11) is 0. The Kier molecular flexibility index (Phi) is 17.9. The number of hydrogen-bond acceptors (Lipinski definition) is 6. The Labute approximate surface area is 363 Å². The third-order valence-corrected chi connectivity index (χ3v) is 11.0. The molecule has 0 radical (unpaired) electrons. The number of benzene rings is 4. The van der Waals surface area contributed by atoms with Crippen LogP contribution in [0.4, 0.5) is 9.59 Å². The van der Waals surface area contributed by atoms with Crippen LogP contribution in [0, 0.1) is 0 Å². The second kappa shape index (κ2) is 24.6. The quantitative estimate of drug-likeness (QED) is 0.0315. The zero-order valence-electron chi connectivity index (χ0n) is 35.5. The van der Waals surface area contributed by atoms with Crippen LogP contribution in [0.5, 0.6) is 0 Å². The molecule has 2 unspecified atom stereocenters. The minimum absolute atomic E-state index is 0.124. The van der Waals surface area contributed by atoms with Gasteiger partial charge in [0.05, 0.1) is 0 Å². The molecule has 62 heavy (non-hydrogen) atoms. The number of aromatic nitrogens is 2. The molecule has 6 N–H and O–H groups in total. The van der Waals surface area contributed by atoms with E-state index < -0.39 is 24.3 Å². The van der Waals surface area contributed by atoms with Gasteiger partial charge in [0.15, 0.2) is 0 Å². The first-order valence-electron chi connectivity index (χ1n) is 22.0. The smallest absolute Gasteiger partial charge is 0.408 e. The fourth-order valence-corrected chi connectivity index (χ4v) is 7.61. The van der Waals surface area contributed by atoms with Crippen molar-refractivity contribution in [1.29, 1.82) is 0 Å². The number of fused-ring (bicyclic) bond motifs is 2. The van der Waals surface area contributed by atoms with Crippen LogP contribution in [0.3, 0.4) is 0 Å². The SMILES string of the molecule is O=C(NC(Cc1c[nH]c2ccccc12)C(=O)NCCCCCCCCCCCCNC(=O)C(Cc1c[nH]c2ccccc12)NC(=O)OCc1ccccc1)OCc1ccccc1. The molecule has 4 amide bonds. The summed E-state index contributed by atoms with van der Waals surface area (Å²) in [6.45, 7) is 1.33. The minimum atomic E-state index is -0.778. The second-order valence-corrected chi connectivity index (χ2v) is 15.8. The number of ether oxygens (including phenoxy) is 2. The van der Waals surface area contributed by atoms with Crippen molar-refractivity contribution in [3.8, 4) is 0 Å². The van der Waals surface area contributed by atoms with Gasteiger partial charge < -0.3 is 40.7 Å². The lowest BCUT2D eigenvalue weighted by Crippen LogP contribution is -2.48. The first-order valence-corrected chi connectivity index (χ1v) is 22.0. The van der Waals surface area contributed by atoms with Crippen LogP contribution in [-0.2, 0) is 45.1 Å². The number of H-pyrrole nitrogens is 2. The molecule has 12 nitrogen and oxygen atoms in total. The largest absolute Gasteiger partial charge is 0.445 e. The van der Waals surface area contributed by atoms with Crippen LogP contribution < -0.4 is 21.3 Å². The molecule has 0 saturated carbocycles. The van der Waals surface area contributed by atoms with Crippen molar-refractivity contribution in [2.75, 3.05) is 13.1 Å². The first-order chi connectivity index (χ1) is 30.4. The van der Waals surface area contributed by atoms with E-state index in [2.05, 4.69) is 31.2 Å². The summed E-state index contributed by atoms with van der Waals surface area (Å²) in [6, 6.07) is 33.2. The molecule has 6 aromatic rings. The maximum Gasteiger partial charge on any atom is 0.408 e. The Bertz CT molecular complexity index is 2130. The van der Waals surface area contributed by atoms with E-state index in [9.17, 15) is 19.2 Å². The zero-order valence-corrected chi connectivity index (χ0v) is 35.5. The number of alkyl carbamates (subject to hydrolysis) is 2. The molecule has 0 spiro atoms. The van der Waals surface area contributed by atoms with Crippen LogP contribution in [0.2, 0.25) is 0 Å². The van der Waals surface area contributed by atoms with Crippen molar-refractivity contribution in [1.82, 2.24) is 31.2 Å². The summed E-state index contributed by atoms with van der Waals surface area (Å²) in [6.07, 6.45) is 13.7. The number of para-hydroxylation sites is 2. The Hall–Kier alpha value is -6.56. The Morgan fingerprint density at radius 3 is 1.21 bits per heavy atom. The number of carbonyl (C=O) groups is 4. The summed E-state index contributed by atoms with van der Waals surface area (Å²) in [5, 5.41) is 13.7. The maximum atomic E-state index is 13.3. The van der Waals surface area contributed by atoms with Crippen LogP contribution >= 0.6 is 0 Å². The molecular weight excluding hydrogens is 781 g/mol. The maximum absolute atomic E-state index is 13.3. The van der Waals surface area contributed by atoms with Gasteiger partial charge in [0.1, 0.15) is 25.3 Å². The highest BCUT2D eigenvalue weighted by atomic mass is 16.6. The highest BCUT2D eigenvalue weighted by Crippen LogP contribution is 2.21. The van der Waals surface area contributed by atoms with Crippen molar-refractivity contribution < 1.29 is 28.7 Å². The first kappa shape index (κ1) is 45.0. The van der Waals surface area contributed by atoms with Gasteiger partial charge in [0.2, 0.25) is 11.8 Å². The molecule has 2 aromatic heterocycles. The number of unbranched alkanes of at least 4 members (excludes halogenated alkanes) is 9. The van der Waals surface area contributed by atoms with E-state index in [0.717, 1.165) is 108 Å². The highest BCUT2D eigenvalue weighted by molar-refractivity contribution is 5.89. The Morgan fingerprint density at radius 2 is 0.806 bits per heavy atom. The number of rotatable bonds is 25. The summed E-state index contributed by atoms with van der Waals surface area (Å²) in [5.41, 5.74) is 5.60. The van der Waals surface area contributed by atoms with Gasteiger partial charge in [-0.25, -0.2) is 9.59 Å². The summed E-state index contributed by atoms with van der Waals surface area (Å²) in [4.78, 5) is 58.7. The average Bonchev–Trinajstić information content (AvgIpc) is 3.91. The van der Waals surface area contributed by atoms with Crippen LogP contribution in [0.15, 0.2) is 122 Å². The zero-order chi connectivity index (χ0) is 43.2. The van der Waals surface area contributed by atoms with Crippen molar-refractivity contribution >= 4 is 45.8 Å². The summed E-state index contributed by atoms with van der Waals surface area (Å²) >= 11 is 0. The lowest BCUT2D eigenvalue weighted by atomic mass is 10.0. The molecular formula is C50H60N6O6. The molecule has 6 rings (SSSR count). The van der Waals surface area contributed by atoms with Crippen LogP contribution in [0.1, 0.15) is 86.5 Å². The lowest BCUT2D eigenvalue weighted by molar-refractivity contribution is -0.123. The Morgan fingerprint density at radius 1 is 0.452 bits per heavy atom. The topological polar surface area (TPSA) is 166 Å². The predicted molar refractivity (Wildman–Crippen MR) is 243 cm³/mol. The standard InChI is InChI=1S/C50H60N6O6/c57-47(45(31-39-33-53-43-27-17-15-25-41(39)43)55-49(59)61-35-37-21-11-9-12-22-37)51-29-19-7-5-3-1-2-4-6-8-20-30-52-48(58)46(32-40-34-54-44-28-18-16-26-42(40)44)56-50(60)62-36-38-23-13-10-14-24-38/h9-18,21-28,33-34,45-46,53-54H,1-8,19-20,29-32,35-36H2,(H,51,57)(H,52,58)(H,55,59)(H,56,60). The molecule has 4 aromatic carbocycles. The summed E-state index contributed by atoms with van der Waals surface area (Å²) in [5.74, 6) is -0.458. The third-order valence-electron chi connectivity index (χ3n) is 11.0. The van der Waals surface area contributed by atoms with Gasteiger partial charge in [-0.2, -0.15) is 0 Å². The fourth-order valence-electron chi connectivity index (χ4n) is 7.61. The van der Waals surface area contributed by atoms with Crippen molar-refractivity contribution in [2.24, 2.45) is 0 Å². The third kappa shape index (κ3) is 14.6. The van der Waals surface area contributed by atoms with Crippen molar-refractivity contribution in [2.45, 2.75) is 102 Å². The van der Waals surface area contributed by atoms with Gasteiger partial charge in [0, 0.05) is 60.1 Å². The minimum Gasteiger partial charge on any atom is -0.445 e. The molecule has 0 aliphatic heterocycles. The van der Waals surface area contributed by atoms with Crippen LogP contribution in [-0.4, -0.2) is 59.1 Å². The van der Waals surface area contributed by atoms with E-state index in [1.807, 2.05) is 122 Å². The van der Waals surface area contributed by atoms with Gasteiger partial charge in [-0.3, -0.25) is 9.59 Å². The number of amides is 4. The molecule has 0 aliphatic carbocycles. The predicted octanol–water partition coefficient (Wildman–Crippen LogP) is 9.16. The number of aromatic amines is 2. The molecule has 0 bridgehead atoms. The number of hydrogen-bond donors (Lipinski definition) is 6. The van der Waals surface area contributed by atoms with Gasteiger partial charge >= 0.3 is 12.2 Å². The number of carbonyl (C=O) groups excluding carboxylic acids is 4. The van der Waals surface area contributed by atoms with Gasteiger partial charge in [0.25, 0.3) is 0 Å². The highest BCUT2D eigenvalue weighted by Gasteiger charge is 2.25. The van der Waals surface area contributed by atoms with E-state index in [4.69, 9.17) is 9.47 Å². The van der Waals surface area contributed by atoms with E-state index in [1.165, 1.54) is 0 Å². The number of nitrogens with one attached hydrogen (secondary N) is 6. The molecule has 0 aliphatic rings. The summed E-state index contributed by atoms with van der Waals surface area (Å²) < 4.78 is 10.9. The monoisotopic (exact) mass is 840 g/mol. The fraction of sp³-hybridized carbons (Fsp3) is 0.360. The van der Waals surface area contributed by atoms with Crippen molar-refractivity contribution in [3.05, 3.63) is 144 Å². The van der Waals surface area contributed by atoms with E-state index in [1.54, 1.807) is 0 Å². The Balaban J connectivity index is 0.829. The average molecular weight is 841 g/mol. The van der Waals surface area contributed by atoms with Crippen molar-refractivity contribution in [3.63, 3.8) is 0 Å². The molecule has 326 valence electrons. The van der Waals surface area contributed by atoms with E-state index in [-0.39, 0.29) is 25.0 Å². The second-order valence-electron chi connectivity index (χ2n) is 15.8. The van der Waals surface area contributed by atoms with E-state index in [0.29, 0.717) is 25.9 Å². The molecule has 2 heterocycles. The molecule has 2 atom stereocenters. The lowest BCUT2D eigenvalue weighted by Gasteiger charge is -2.18. The normalized spacial score (nSPS) is 12.1. The van der Waals surface area contributed by atoms with Gasteiger partial charge in [-0.1, -0.05) is 148 Å². The van der Waals surface area contributed by atoms with Crippen LogP contribution in [0.25, 0.3) is 21.8 Å². The molecule has 12 heteroatoms. The molecule has 0 fully saturated rings. The van der Waals surface area contributed by atoms with Gasteiger partial charge in [-0.15, -0.1) is 0 Å².